The molecular weight excluding hydrogens is 230 g/mol. The van der Waals surface area contributed by atoms with Gasteiger partial charge in [-0.15, -0.1) is 0 Å². The number of fused-ring (bicyclic) bond motifs is 1. The van der Waals surface area contributed by atoms with Crippen LogP contribution in [0, 0.1) is 12.8 Å². The third kappa shape index (κ3) is 1.97. The molecule has 5 nitrogen and oxygen atoms in total. The number of anilines is 1. The molecule has 1 aliphatic carbocycles. The molecule has 1 aromatic heterocycles. The topological polar surface area (TPSA) is 81.2 Å². The average Bonchev–Trinajstić information content (AvgIpc) is 2.64. The second-order valence-electron chi connectivity index (χ2n) is 4.83. The zero-order valence-corrected chi connectivity index (χ0v) is 10.1. The maximum Gasteiger partial charge on any atom is 0.227 e. The van der Waals surface area contributed by atoms with Gasteiger partial charge < -0.3 is 15.5 Å². The van der Waals surface area contributed by atoms with Crippen molar-refractivity contribution in [3.63, 3.8) is 0 Å². The molecule has 0 saturated heterocycles. The van der Waals surface area contributed by atoms with E-state index in [9.17, 15) is 4.79 Å². The van der Waals surface area contributed by atoms with Gasteiger partial charge in [0.2, 0.25) is 5.91 Å². The lowest BCUT2D eigenvalue weighted by Gasteiger charge is -2.31. The lowest BCUT2D eigenvalue weighted by molar-refractivity contribution is -0.122. The van der Waals surface area contributed by atoms with Crippen LogP contribution in [-0.4, -0.2) is 16.9 Å². The number of nitrogens with two attached hydrogens (primary N) is 1. The number of aryl methyl sites for hydroxylation is 1. The summed E-state index contributed by atoms with van der Waals surface area (Å²) < 4.78 is 5.38. The van der Waals surface area contributed by atoms with E-state index >= 15 is 0 Å². The van der Waals surface area contributed by atoms with Crippen molar-refractivity contribution in [1.29, 1.82) is 0 Å². The standard InChI is InChI=1S/C13H15N3O2/c1-7-15-11-6-10(2-3-12(11)18-7)16-13(17)8-4-9(14)5-8/h2-3,6,8-9H,4-5,14H2,1H3,(H,16,17). The molecule has 1 aliphatic rings. The Balaban J connectivity index is 1.76. The highest BCUT2D eigenvalue weighted by molar-refractivity contribution is 5.94. The number of amides is 1. The van der Waals surface area contributed by atoms with Crippen molar-refractivity contribution < 1.29 is 9.21 Å². The van der Waals surface area contributed by atoms with Crippen molar-refractivity contribution in [3.05, 3.63) is 24.1 Å². The molecule has 1 heterocycles. The van der Waals surface area contributed by atoms with E-state index in [2.05, 4.69) is 10.3 Å². The number of aromatic nitrogens is 1. The largest absolute Gasteiger partial charge is 0.441 e. The number of oxazole rings is 1. The fraction of sp³-hybridized carbons (Fsp3) is 0.385. The van der Waals surface area contributed by atoms with Crippen LogP contribution in [0.4, 0.5) is 5.69 Å². The normalized spacial score (nSPS) is 22.8. The molecular formula is C13H15N3O2. The summed E-state index contributed by atoms with van der Waals surface area (Å²) in [5.41, 5.74) is 7.92. The summed E-state index contributed by atoms with van der Waals surface area (Å²) in [6.45, 7) is 1.80. The molecule has 3 N–H and O–H groups in total. The van der Waals surface area contributed by atoms with Crippen LogP contribution in [0.2, 0.25) is 0 Å². The summed E-state index contributed by atoms with van der Waals surface area (Å²) in [6.07, 6.45) is 1.55. The third-order valence-electron chi connectivity index (χ3n) is 3.31. The van der Waals surface area contributed by atoms with Crippen molar-refractivity contribution in [2.24, 2.45) is 11.7 Å². The van der Waals surface area contributed by atoms with E-state index in [0.717, 1.165) is 29.6 Å². The number of benzene rings is 1. The van der Waals surface area contributed by atoms with Crippen LogP contribution in [0.25, 0.3) is 11.1 Å². The van der Waals surface area contributed by atoms with E-state index < -0.39 is 0 Å². The van der Waals surface area contributed by atoms with Crippen LogP contribution in [0.1, 0.15) is 18.7 Å². The summed E-state index contributed by atoms with van der Waals surface area (Å²) in [4.78, 5) is 16.1. The third-order valence-corrected chi connectivity index (χ3v) is 3.31. The van der Waals surface area contributed by atoms with Gasteiger partial charge in [-0.1, -0.05) is 0 Å². The first kappa shape index (κ1) is 11.2. The first-order valence-electron chi connectivity index (χ1n) is 6.05. The van der Waals surface area contributed by atoms with Gasteiger partial charge in [0.05, 0.1) is 0 Å². The Kier molecular flexibility index (Phi) is 2.56. The summed E-state index contributed by atoms with van der Waals surface area (Å²) in [7, 11) is 0. The van der Waals surface area contributed by atoms with Gasteiger partial charge in [-0.2, -0.15) is 0 Å². The van der Waals surface area contributed by atoms with Crippen molar-refractivity contribution in [2.45, 2.75) is 25.8 Å². The summed E-state index contributed by atoms with van der Waals surface area (Å²) in [5.74, 6) is 0.712. The Bertz CT molecular complexity index is 599. The number of hydrogen-bond acceptors (Lipinski definition) is 4. The molecule has 1 fully saturated rings. The molecule has 0 aliphatic heterocycles. The van der Waals surface area contributed by atoms with Gasteiger partial charge in [0.1, 0.15) is 5.52 Å². The van der Waals surface area contributed by atoms with Crippen LogP contribution < -0.4 is 11.1 Å². The van der Waals surface area contributed by atoms with Crippen LogP contribution in [0.3, 0.4) is 0 Å². The van der Waals surface area contributed by atoms with E-state index in [0.29, 0.717) is 5.89 Å². The summed E-state index contributed by atoms with van der Waals surface area (Å²) in [5, 5.41) is 2.89. The van der Waals surface area contributed by atoms with Crippen molar-refractivity contribution in [1.82, 2.24) is 4.98 Å². The Morgan fingerprint density at radius 3 is 3.00 bits per heavy atom. The zero-order chi connectivity index (χ0) is 12.7. The van der Waals surface area contributed by atoms with Crippen molar-refractivity contribution in [3.8, 4) is 0 Å². The van der Waals surface area contributed by atoms with Gasteiger partial charge in [0, 0.05) is 24.6 Å². The minimum atomic E-state index is 0.0382. The smallest absolute Gasteiger partial charge is 0.227 e. The van der Waals surface area contributed by atoms with Gasteiger partial charge in [-0.05, 0) is 31.0 Å². The Labute approximate surface area is 104 Å². The molecule has 3 rings (SSSR count). The molecule has 5 heteroatoms. The van der Waals surface area contributed by atoms with E-state index in [1.54, 1.807) is 6.92 Å². The summed E-state index contributed by atoms with van der Waals surface area (Å²) in [6, 6.07) is 5.64. The van der Waals surface area contributed by atoms with Gasteiger partial charge in [0.25, 0.3) is 0 Å². The molecule has 1 aromatic carbocycles. The lowest BCUT2D eigenvalue weighted by atomic mass is 9.80. The minimum absolute atomic E-state index is 0.0382. The highest BCUT2D eigenvalue weighted by Crippen LogP contribution is 2.27. The van der Waals surface area contributed by atoms with E-state index in [-0.39, 0.29) is 17.9 Å². The molecule has 0 unspecified atom stereocenters. The number of nitrogens with one attached hydrogen (secondary N) is 1. The first-order chi connectivity index (χ1) is 8.61. The molecule has 2 aromatic rings. The van der Waals surface area contributed by atoms with Crippen LogP contribution in [-0.2, 0) is 4.79 Å². The fourth-order valence-corrected chi connectivity index (χ4v) is 2.24. The molecule has 0 spiro atoms. The molecule has 0 bridgehead atoms. The molecule has 1 amide bonds. The number of nitrogens with zero attached hydrogens (tertiary/aromatic N) is 1. The second kappa shape index (κ2) is 4.10. The SMILES string of the molecule is Cc1nc2cc(NC(=O)C3CC(N)C3)ccc2o1. The number of carbonyl (C=O) groups is 1. The quantitative estimate of drug-likeness (QED) is 0.845. The second-order valence-corrected chi connectivity index (χ2v) is 4.83. The van der Waals surface area contributed by atoms with E-state index in [4.69, 9.17) is 10.2 Å². The molecule has 0 radical (unpaired) electrons. The Hall–Kier alpha value is -1.88. The highest BCUT2D eigenvalue weighted by atomic mass is 16.3. The maximum atomic E-state index is 11.9. The van der Waals surface area contributed by atoms with Crippen LogP contribution in [0.5, 0.6) is 0 Å². The van der Waals surface area contributed by atoms with Crippen LogP contribution >= 0.6 is 0 Å². The zero-order valence-electron chi connectivity index (χ0n) is 10.1. The van der Waals surface area contributed by atoms with E-state index in [1.165, 1.54) is 0 Å². The highest BCUT2D eigenvalue weighted by Gasteiger charge is 2.31. The Morgan fingerprint density at radius 1 is 1.50 bits per heavy atom. The number of hydrogen-bond donors (Lipinski definition) is 2. The minimum Gasteiger partial charge on any atom is -0.441 e. The van der Waals surface area contributed by atoms with E-state index in [1.807, 2.05) is 18.2 Å². The van der Waals surface area contributed by atoms with Gasteiger partial charge in [-0.3, -0.25) is 4.79 Å². The van der Waals surface area contributed by atoms with Gasteiger partial charge in [0.15, 0.2) is 11.5 Å². The first-order valence-corrected chi connectivity index (χ1v) is 6.05. The van der Waals surface area contributed by atoms with Crippen molar-refractivity contribution in [2.75, 3.05) is 5.32 Å². The number of rotatable bonds is 2. The van der Waals surface area contributed by atoms with Gasteiger partial charge in [-0.25, -0.2) is 4.98 Å². The van der Waals surface area contributed by atoms with Crippen molar-refractivity contribution >= 4 is 22.7 Å². The lowest BCUT2D eigenvalue weighted by Crippen LogP contribution is -2.42. The predicted molar refractivity (Wildman–Crippen MR) is 68.1 cm³/mol. The molecule has 94 valence electrons. The summed E-state index contributed by atoms with van der Waals surface area (Å²) >= 11 is 0. The molecule has 0 atom stereocenters. The monoisotopic (exact) mass is 245 g/mol. The molecule has 18 heavy (non-hydrogen) atoms. The Morgan fingerprint density at radius 2 is 2.28 bits per heavy atom. The molecule has 1 saturated carbocycles. The van der Waals surface area contributed by atoms with Crippen LogP contribution in [0.15, 0.2) is 22.6 Å². The average molecular weight is 245 g/mol. The fourth-order valence-electron chi connectivity index (χ4n) is 2.24. The van der Waals surface area contributed by atoms with Gasteiger partial charge >= 0.3 is 0 Å². The predicted octanol–water partition coefficient (Wildman–Crippen LogP) is 1.81. The maximum absolute atomic E-state index is 11.9. The number of carbonyl (C=O) groups excluding carboxylic acids is 1.